The average molecular weight is 451 g/mol. The monoisotopic (exact) mass is 451 g/mol. The van der Waals surface area contributed by atoms with Crippen LogP contribution in [0.5, 0.6) is 11.5 Å². The molecule has 12 heteroatoms. The van der Waals surface area contributed by atoms with Gasteiger partial charge in [0.1, 0.15) is 17.9 Å². The number of ether oxygens (including phenoxy) is 1. The molecule has 2 aromatic rings. The van der Waals surface area contributed by atoms with Gasteiger partial charge in [-0.1, -0.05) is 18.2 Å². The number of hydrogen-bond acceptors (Lipinski definition) is 5. The molecule has 0 aliphatic heterocycles. The second-order valence-electron chi connectivity index (χ2n) is 6.38. The van der Waals surface area contributed by atoms with Crippen LogP contribution in [0.3, 0.4) is 0 Å². The van der Waals surface area contributed by atoms with Crippen LogP contribution in [0.1, 0.15) is 19.8 Å². The van der Waals surface area contributed by atoms with Crippen molar-refractivity contribution in [2.75, 3.05) is 0 Å². The molecule has 0 radical (unpaired) electrons. The number of benzene rings is 2. The lowest BCUT2D eigenvalue weighted by Gasteiger charge is -2.23. The highest BCUT2D eigenvalue weighted by molar-refractivity contribution is 7.52. The second kappa shape index (κ2) is 8.61. The molecule has 1 fully saturated rings. The number of halogens is 5. The summed E-state index contributed by atoms with van der Waals surface area (Å²) in [5, 5.41) is 2.10. The Bertz CT molecular complexity index is 973. The summed E-state index contributed by atoms with van der Waals surface area (Å²) >= 11 is 0. The van der Waals surface area contributed by atoms with Gasteiger partial charge >= 0.3 is 13.7 Å². The Morgan fingerprint density at radius 1 is 0.967 bits per heavy atom. The minimum atomic E-state index is -4.89. The molecule has 0 bridgehead atoms. The maximum Gasteiger partial charge on any atom is 0.513 e. The normalized spacial score (nSPS) is 16.5. The lowest BCUT2D eigenvalue weighted by atomic mass is 10.3. The Labute approximate surface area is 167 Å². The Kier molecular flexibility index (Phi) is 6.33. The van der Waals surface area contributed by atoms with E-state index in [0.29, 0.717) is 12.8 Å². The number of esters is 1. The number of carbonyl (C=O) groups is 1. The standard InChI is InChI=1S/C18H15F5NO5P/c1-9(18(25)27-10-7-8-10)24-30(26,28-11-5-3-2-4-6-11)29-17-15(22)13(20)12(19)14(21)16(17)23/h2-6,9-10H,7-8H2,1H3,(H,24,26)/t9-,30+/m0/s1. The van der Waals surface area contributed by atoms with Gasteiger partial charge in [-0.25, -0.2) is 17.7 Å². The first-order chi connectivity index (χ1) is 14.1. The van der Waals surface area contributed by atoms with Gasteiger partial charge in [0, 0.05) is 0 Å². The lowest BCUT2D eigenvalue weighted by Crippen LogP contribution is -2.36. The molecule has 1 aliphatic rings. The van der Waals surface area contributed by atoms with Crippen LogP contribution in [0.2, 0.25) is 0 Å². The highest BCUT2D eigenvalue weighted by Gasteiger charge is 2.39. The Morgan fingerprint density at radius 2 is 1.50 bits per heavy atom. The van der Waals surface area contributed by atoms with Crippen LogP contribution in [0, 0.1) is 29.1 Å². The number of rotatable bonds is 8. The van der Waals surface area contributed by atoms with Crippen molar-refractivity contribution in [2.24, 2.45) is 0 Å². The minimum absolute atomic E-state index is 0.125. The number of carbonyl (C=O) groups excluding carboxylic acids is 1. The summed E-state index contributed by atoms with van der Waals surface area (Å²) in [5.41, 5.74) is 0. The van der Waals surface area contributed by atoms with Crippen LogP contribution >= 0.6 is 7.75 Å². The van der Waals surface area contributed by atoms with E-state index >= 15 is 0 Å². The molecule has 1 N–H and O–H groups in total. The zero-order valence-corrected chi connectivity index (χ0v) is 16.2. The molecule has 1 aliphatic carbocycles. The summed E-state index contributed by atoms with van der Waals surface area (Å²) in [6.45, 7) is 1.20. The molecule has 162 valence electrons. The third-order valence-corrected chi connectivity index (χ3v) is 5.44. The van der Waals surface area contributed by atoms with E-state index in [9.17, 15) is 31.3 Å². The van der Waals surface area contributed by atoms with Crippen molar-refractivity contribution < 1.29 is 45.1 Å². The van der Waals surface area contributed by atoms with Crippen molar-refractivity contribution in [1.82, 2.24) is 5.09 Å². The smallest absolute Gasteiger partial charge is 0.461 e. The molecular formula is C18H15F5NO5P. The van der Waals surface area contributed by atoms with Gasteiger partial charge in [-0.2, -0.15) is 13.9 Å². The highest BCUT2D eigenvalue weighted by Crippen LogP contribution is 2.47. The fourth-order valence-electron chi connectivity index (χ4n) is 2.22. The van der Waals surface area contributed by atoms with E-state index in [1.54, 1.807) is 6.07 Å². The summed E-state index contributed by atoms with van der Waals surface area (Å²) in [6, 6.07) is 5.73. The Morgan fingerprint density at radius 3 is 2.03 bits per heavy atom. The van der Waals surface area contributed by atoms with E-state index in [0.717, 1.165) is 0 Å². The zero-order chi connectivity index (χ0) is 22.1. The van der Waals surface area contributed by atoms with Crippen LogP contribution in [0.15, 0.2) is 30.3 Å². The van der Waals surface area contributed by atoms with Gasteiger partial charge in [-0.3, -0.25) is 4.79 Å². The minimum Gasteiger partial charge on any atom is -0.461 e. The van der Waals surface area contributed by atoms with Crippen LogP contribution in [-0.4, -0.2) is 18.1 Å². The largest absolute Gasteiger partial charge is 0.513 e. The fraction of sp³-hybridized carbons (Fsp3) is 0.278. The fourth-order valence-corrected chi connectivity index (χ4v) is 3.74. The van der Waals surface area contributed by atoms with Gasteiger partial charge in [0.25, 0.3) is 0 Å². The van der Waals surface area contributed by atoms with Crippen molar-refractivity contribution in [3.8, 4) is 11.5 Å². The Hall–Kier alpha value is -2.65. The lowest BCUT2D eigenvalue weighted by molar-refractivity contribution is -0.146. The van der Waals surface area contributed by atoms with Crippen molar-refractivity contribution in [1.29, 1.82) is 0 Å². The van der Waals surface area contributed by atoms with Crippen LogP contribution in [-0.2, 0) is 14.1 Å². The van der Waals surface area contributed by atoms with E-state index in [1.165, 1.54) is 31.2 Å². The van der Waals surface area contributed by atoms with Crippen molar-refractivity contribution in [2.45, 2.75) is 31.9 Å². The van der Waals surface area contributed by atoms with Crippen LogP contribution < -0.4 is 14.1 Å². The van der Waals surface area contributed by atoms with Gasteiger partial charge in [0.15, 0.2) is 0 Å². The number of hydrogen-bond donors (Lipinski definition) is 1. The topological polar surface area (TPSA) is 73.9 Å². The van der Waals surface area contributed by atoms with E-state index in [4.69, 9.17) is 9.26 Å². The summed E-state index contributed by atoms with van der Waals surface area (Å²) in [5.74, 6) is -14.5. The summed E-state index contributed by atoms with van der Waals surface area (Å²) in [6.07, 6.45) is 1.00. The predicted molar refractivity (Wildman–Crippen MR) is 93.2 cm³/mol. The molecule has 0 unspecified atom stereocenters. The molecule has 0 heterocycles. The van der Waals surface area contributed by atoms with E-state index in [2.05, 4.69) is 9.61 Å². The average Bonchev–Trinajstić information content (AvgIpc) is 3.53. The maximum atomic E-state index is 14.0. The van der Waals surface area contributed by atoms with Gasteiger partial charge in [-0.15, -0.1) is 0 Å². The molecule has 3 rings (SSSR count). The zero-order valence-electron chi connectivity index (χ0n) is 15.3. The van der Waals surface area contributed by atoms with Gasteiger partial charge < -0.3 is 13.8 Å². The number of nitrogens with one attached hydrogen (secondary N) is 1. The molecule has 2 atom stereocenters. The first kappa shape index (κ1) is 22.0. The molecule has 1 saturated carbocycles. The maximum absolute atomic E-state index is 14.0. The quantitative estimate of drug-likeness (QED) is 0.207. The summed E-state index contributed by atoms with van der Waals surface area (Å²) < 4.78 is 96.1. The van der Waals surface area contributed by atoms with Crippen molar-refractivity contribution >= 4 is 13.7 Å². The molecule has 0 aromatic heterocycles. The summed E-state index contributed by atoms with van der Waals surface area (Å²) in [7, 11) is -4.89. The third kappa shape index (κ3) is 4.91. The number of para-hydroxylation sites is 1. The predicted octanol–water partition coefficient (Wildman–Crippen LogP) is 4.63. The Balaban J connectivity index is 1.93. The van der Waals surface area contributed by atoms with Crippen LogP contribution in [0.4, 0.5) is 22.0 Å². The molecule has 0 amide bonds. The van der Waals surface area contributed by atoms with E-state index in [-0.39, 0.29) is 11.9 Å². The third-order valence-electron chi connectivity index (χ3n) is 3.86. The van der Waals surface area contributed by atoms with Gasteiger partial charge in [-0.05, 0) is 31.9 Å². The van der Waals surface area contributed by atoms with E-state index in [1.807, 2.05) is 0 Å². The molecule has 0 saturated heterocycles. The highest BCUT2D eigenvalue weighted by atomic mass is 31.2. The molecule has 30 heavy (non-hydrogen) atoms. The first-order valence-corrected chi connectivity index (χ1v) is 10.2. The molecule has 2 aromatic carbocycles. The molecule has 0 spiro atoms. The molecular weight excluding hydrogens is 436 g/mol. The van der Waals surface area contributed by atoms with Gasteiger partial charge in [0.2, 0.25) is 34.8 Å². The summed E-state index contributed by atoms with van der Waals surface area (Å²) in [4.78, 5) is 12.0. The van der Waals surface area contributed by atoms with Crippen LogP contribution in [0.25, 0.3) is 0 Å². The molecule has 6 nitrogen and oxygen atoms in total. The SMILES string of the molecule is C[C@H](N[P@@](=O)(Oc1ccccc1)Oc1c(F)c(F)c(F)c(F)c1F)C(=O)OC1CC1. The van der Waals surface area contributed by atoms with Crippen molar-refractivity contribution in [3.05, 3.63) is 59.4 Å². The first-order valence-electron chi connectivity index (χ1n) is 8.65. The van der Waals surface area contributed by atoms with E-state index < -0.39 is 54.6 Å². The second-order valence-corrected chi connectivity index (χ2v) is 8.00. The van der Waals surface area contributed by atoms with Crippen molar-refractivity contribution in [3.63, 3.8) is 0 Å². The van der Waals surface area contributed by atoms with Gasteiger partial charge in [0.05, 0.1) is 0 Å².